The minimum Gasteiger partial charge on any atom is -0.505 e. The fraction of sp³-hybridized carbons (Fsp3) is 0. The molecule has 1 N–H and O–H groups in total. The number of aromatic hydroxyl groups is 1. The Kier molecular flexibility index (Phi) is 2.74. The van der Waals surface area contributed by atoms with E-state index in [1.54, 1.807) is 0 Å². The van der Waals surface area contributed by atoms with Gasteiger partial charge in [0.2, 0.25) is 0 Å². The van der Waals surface area contributed by atoms with Crippen LogP contribution in [0.5, 0.6) is 5.75 Å². The van der Waals surface area contributed by atoms with Crippen molar-refractivity contribution in [1.29, 1.82) is 0 Å². The lowest BCUT2D eigenvalue weighted by Gasteiger charge is -2.04. The van der Waals surface area contributed by atoms with Gasteiger partial charge in [-0.05, 0) is 40.2 Å². The van der Waals surface area contributed by atoms with Crippen molar-refractivity contribution in [3.63, 3.8) is 0 Å². The van der Waals surface area contributed by atoms with Gasteiger partial charge in [0.15, 0.2) is 5.75 Å². The van der Waals surface area contributed by atoms with Crippen molar-refractivity contribution in [1.82, 2.24) is 9.78 Å². The van der Waals surface area contributed by atoms with Crippen molar-refractivity contribution in [2.75, 3.05) is 0 Å². The SMILES string of the molecule is O=c1c(Br)c(O)cnn1-c1ccc(F)cc1. The van der Waals surface area contributed by atoms with Crippen molar-refractivity contribution in [3.8, 4) is 11.4 Å². The molecule has 6 heteroatoms. The van der Waals surface area contributed by atoms with E-state index < -0.39 is 11.4 Å². The van der Waals surface area contributed by atoms with Gasteiger partial charge in [-0.25, -0.2) is 4.39 Å². The lowest BCUT2D eigenvalue weighted by molar-refractivity contribution is 0.463. The summed E-state index contributed by atoms with van der Waals surface area (Å²) in [6, 6.07) is 5.30. The Labute approximate surface area is 98.1 Å². The van der Waals surface area contributed by atoms with Crippen molar-refractivity contribution < 1.29 is 9.50 Å². The summed E-state index contributed by atoms with van der Waals surface area (Å²) >= 11 is 2.94. The molecule has 1 heterocycles. The van der Waals surface area contributed by atoms with E-state index in [-0.39, 0.29) is 10.2 Å². The Balaban J connectivity index is 2.61. The second-order valence-electron chi connectivity index (χ2n) is 3.04. The summed E-state index contributed by atoms with van der Waals surface area (Å²) in [7, 11) is 0. The first-order valence-electron chi connectivity index (χ1n) is 4.32. The van der Waals surface area contributed by atoms with E-state index in [2.05, 4.69) is 21.0 Å². The highest BCUT2D eigenvalue weighted by Gasteiger charge is 2.08. The van der Waals surface area contributed by atoms with Crippen LogP contribution in [0.15, 0.2) is 39.7 Å². The molecule has 1 aromatic carbocycles. The Bertz CT molecular complexity index is 580. The third kappa shape index (κ3) is 1.83. The molecule has 0 unspecified atom stereocenters. The Morgan fingerprint density at radius 2 is 1.94 bits per heavy atom. The summed E-state index contributed by atoms with van der Waals surface area (Å²) in [5.41, 5.74) is -0.0845. The van der Waals surface area contributed by atoms with Crippen LogP contribution in [0.25, 0.3) is 5.69 Å². The number of hydrogen-bond donors (Lipinski definition) is 1. The number of nitrogens with zero attached hydrogens (tertiary/aromatic N) is 2. The van der Waals surface area contributed by atoms with Crippen molar-refractivity contribution in [2.45, 2.75) is 0 Å². The summed E-state index contributed by atoms with van der Waals surface area (Å²) in [6.07, 6.45) is 1.13. The summed E-state index contributed by atoms with van der Waals surface area (Å²) in [6.45, 7) is 0. The standard InChI is InChI=1S/C10H6BrFN2O2/c11-9-8(15)5-13-14(10(9)16)7-3-1-6(12)2-4-7/h1-5,15H. The van der Waals surface area contributed by atoms with Crippen LogP contribution in [0, 0.1) is 5.82 Å². The lowest BCUT2D eigenvalue weighted by Crippen LogP contribution is -2.21. The smallest absolute Gasteiger partial charge is 0.289 e. The zero-order valence-electron chi connectivity index (χ0n) is 7.89. The molecule has 2 rings (SSSR count). The summed E-state index contributed by atoms with van der Waals surface area (Å²) in [5, 5.41) is 13.0. The number of hydrogen-bond acceptors (Lipinski definition) is 3. The van der Waals surface area contributed by atoms with E-state index in [9.17, 15) is 14.3 Å². The first-order chi connectivity index (χ1) is 7.59. The second kappa shape index (κ2) is 4.05. The molecule has 0 atom stereocenters. The molecular weight excluding hydrogens is 279 g/mol. The molecule has 0 fully saturated rings. The van der Waals surface area contributed by atoms with Crippen LogP contribution in [0.4, 0.5) is 4.39 Å². The van der Waals surface area contributed by atoms with E-state index in [0.717, 1.165) is 10.9 Å². The van der Waals surface area contributed by atoms with E-state index in [1.807, 2.05) is 0 Å². The highest BCUT2D eigenvalue weighted by Crippen LogP contribution is 2.17. The van der Waals surface area contributed by atoms with Gasteiger partial charge in [-0.1, -0.05) is 0 Å². The third-order valence-electron chi connectivity index (χ3n) is 1.97. The van der Waals surface area contributed by atoms with Crippen LogP contribution in [0.2, 0.25) is 0 Å². The number of benzene rings is 1. The Morgan fingerprint density at radius 1 is 1.31 bits per heavy atom. The highest BCUT2D eigenvalue weighted by atomic mass is 79.9. The van der Waals surface area contributed by atoms with Crippen molar-refractivity contribution >= 4 is 15.9 Å². The minimum atomic E-state index is -0.508. The Morgan fingerprint density at radius 3 is 2.56 bits per heavy atom. The number of rotatable bonds is 1. The predicted molar refractivity (Wildman–Crippen MR) is 59.2 cm³/mol. The van der Waals surface area contributed by atoms with Gasteiger partial charge in [0.1, 0.15) is 10.3 Å². The molecule has 0 aliphatic carbocycles. The quantitative estimate of drug-likeness (QED) is 0.869. The first kappa shape index (κ1) is 10.8. The summed E-state index contributed by atoms with van der Waals surface area (Å²) < 4.78 is 13.8. The first-order valence-corrected chi connectivity index (χ1v) is 5.11. The molecular formula is C10H6BrFN2O2. The lowest BCUT2D eigenvalue weighted by atomic mass is 10.3. The molecule has 0 bridgehead atoms. The molecule has 0 radical (unpaired) electrons. The second-order valence-corrected chi connectivity index (χ2v) is 3.83. The van der Waals surface area contributed by atoms with Gasteiger partial charge in [-0.15, -0.1) is 0 Å². The molecule has 16 heavy (non-hydrogen) atoms. The zero-order chi connectivity index (χ0) is 11.7. The average Bonchev–Trinajstić information content (AvgIpc) is 2.28. The van der Waals surface area contributed by atoms with Crippen LogP contribution < -0.4 is 5.56 Å². The fourth-order valence-electron chi connectivity index (χ4n) is 1.19. The van der Waals surface area contributed by atoms with Gasteiger partial charge in [0, 0.05) is 0 Å². The van der Waals surface area contributed by atoms with Gasteiger partial charge < -0.3 is 5.11 Å². The van der Waals surface area contributed by atoms with Crippen molar-refractivity contribution in [2.24, 2.45) is 0 Å². The van der Waals surface area contributed by atoms with Crippen LogP contribution >= 0.6 is 15.9 Å². The molecule has 0 aliphatic rings. The molecule has 0 saturated carbocycles. The number of halogens is 2. The van der Waals surface area contributed by atoms with E-state index in [1.165, 1.54) is 24.3 Å². The zero-order valence-corrected chi connectivity index (χ0v) is 9.48. The predicted octanol–water partition coefficient (Wildman–Crippen LogP) is 1.84. The van der Waals surface area contributed by atoms with Gasteiger partial charge in [0.05, 0.1) is 11.9 Å². The van der Waals surface area contributed by atoms with E-state index >= 15 is 0 Å². The van der Waals surface area contributed by atoms with Gasteiger partial charge in [0.25, 0.3) is 5.56 Å². The normalized spacial score (nSPS) is 10.4. The molecule has 4 nitrogen and oxygen atoms in total. The maximum Gasteiger partial charge on any atom is 0.289 e. The van der Waals surface area contributed by atoms with Crippen LogP contribution in [-0.2, 0) is 0 Å². The molecule has 82 valence electrons. The van der Waals surface area contributed by atoms with Crippen LogP contribution in [0.3, 0.4) is 0 Å². The minimum absolute atomic E-state index is 0.0202. The summed E-state index contributed by atoms with van der Waals surface area (Å²) in [5.74, 6) is -0.627. The molecule has 0 aliphatic heterocycles. The maximum absolute atomic E-state index is 12.7. The monoisotopic (exact) mass is 284 g/mol. The van der Waals surface area contributed by atoms with Crippen LogP contribution in [-0.4, -0.2) is 14.9 Å². The molecule has 0 saturated heterocycles. The Hall–Kier alpha value is -1.69. The largest absolute Gasteiger partial charge is 0.505 e. The fourth-order valence-corrected chi connectivity index (χ4v) is 1.46. The topological polar surface area (TPSA) is 55.1 Å². The van der Waals surface area contributed by atoms with E-state index in [0.29, 0.717) is 5.69 Å². The summed E-state index contributed by atoms with van der Waals surface area (Å²) in [4.78, 5) is 11.7. The van der Waals surface area contributed by atoms with Crippen LogP contribution in [0.1, 0.15) is 0 Å². The molecule has 0 spiro atoms. The van der Waals surface area contributed by atoms with E-state index in [4.69, 9.17) is 0 Å². The molecule has 0 amide bonds. The van der Waals surface area contributed by atoms with Gasteiger partial charge >= 0.3 is 0 Å². The maximum atomic E-state index is 12.7. The molecule has 1 aromatic heterocycles. The highest BCUT2D eigenvalue weighted by molar-refractivity contribution is 9.10. The van der Waals surface area contributed by atoms with Crippen molar-refractivity contribution in [3.05, 3.63) is 51.1 Å². The average molecular weight is 285 g/mol. The molecule has 2 aromatic rings. The van der Waals surface area contributed by atoms with Gasteiger partial charge in [-0.2, -0.15) is 9.78 Å². The number of aromatic nitrogens is 2. The third-order valence-corrected chi connectivity index (χ3v) is 2.72. The van der Waals surface area contributed by atoms with Gasteiger partial charge in [-0.3, -0.25) is 4.79 Å².